The third-order valence-electron chi connectivity index (χ3n) is 4.09. The van der Waals surface area contributed by atoms with Gasteiger partial charge in [0.2, 0.25) is 0 Å². The van der Waals surface area contributed by atoms with Gasteiger partial charge in [-0.1, -0.05) is 48.5 Å². The number of hydrogen-bond donors (Lipinski definition) is 0. The Bertz CT molecular complexity index is 920. The summed E-state index contributed by atoms with van der Waals surface area (Å²) in [5.41, 5.74) is 1.08. The highest BCUT2D eigenvalue weighted by Crippen LogP contribution is 2.40. The van der Waals surface area contributed by atoms with Gasteiger partial charge in [0.05, 0.1) is 17.1 Å². The molecule has 3 rings (SSSR count). The van der Waals surface area contributed by atoms with E-state index in [9.17, 15) is 9.59 Å². The zero-order chi connectivity index (χ0) is 20.1. The summed E-state index contributed by atoms with van der Waals surface area (Å²) in [5, 5.41) is 0.614. The molecule has 2 aromatic carbocycles. The molecule has 144 valence electrons. The molecule has 2 aromatic rings. The van der Waals surface area contributed by atoms with Crippen molar-refractivity contribution in [1.29, 1.82) is 0 Å². The maximum Gasteiger partial charge on any atom is 0.268 e. The van der Waals surface area contributed by atoms with Gasteiger partial charge >= 0.3 is 0 Å². The van der Waals surface area contributed by atoms with Crippen molar-refractivity contribution in [1.82, 2.24) is 4.90 Å². The summed E-state index contributed by atoms with van der Waals surface area (Å²) in [6.45, 7) is 6.48. The van der Waals surface area contributed by atoms with E-state index in [0.29, 0.717) is 27.7 Å². The number of rotatable bonds is 8. The standard InChI is InChI=1S/C22H20ClNO3S/c1-3-13-24-21(25)19(15-5-9-17(10-6-15)27-14-4-2)20(22(24)26)28-18-11-7-16(23)8-12-18/h3,5-12H,1,4,13-14H2,2H3. The van der Waals surface area contributed by atoms with Crippen LogP contribution in [0.15, 0.2) is 71.0 Å². The molecular formula is C22H20ClNO3S. The molecule has 0 saturated heterocycles. The summed E-state index contributed by atoms with van der Waals surface area (Å²) in [4.78, 5) is 28.3. The topological polar surface area (TPSA) is 46.6 Å². The van der Waals surface area contributed by atoms with Crippen LogP contribution < -0.4 is 4.74 Å². The molecule has 0 bridgehead atoms. The van der Waals surface area contributed by atoms with Crippen molar-refractivity contribution in [3.63, 3.8) is 0 Å². The third kappa shape index (κ3) is 4.32. The molecule has 4 nitrogen and oxygen atoms in total. The van der Waals surface area contributed by atoms with Gasteiger partial charge in [-0.05, 0) is 48.4 Å². The lowest BCUT2D eigenvalue weighted by Crippen LogP contribution is -2.31. The molecule has 1 heterocycles. The van der Waals surface area contributed by atoms with Crippen LogP contribution in [0.1, 0.15) is 18.9 Å². The van der Waals surface area contributed by atoms with Crippen LogP contribution in [0.25, 0.3) is 5.57 Å². The quantitative estimate of drug-likeness (QED) is 0.441. The molecule has 0 spiro atoms. The second-order valence-electron chi connectivity index (χ2n) is 6.14. The Morgan fingerprint density at radius 1 is 1.07 bits per heavy atom. The zero-order valence-electron chi connectivity index (χ0n) is 15.5. The maximum atomic E-state index is 13.0. The van der Waals surface area contributed by atoms with Crippen molar-refractivity contribution in [3.8, 4) is 5.75 Å². The Hall–Kier alpha value is -2.50. The van der Waals surface area contributed by atoms with E-state index in [-0.39, 0.29) is 18.4 Å². The first-order valence-electron chi connectivity index (χ1n) is 8.93. The van der Waals surface area contributed by atoms with Gasteiger partial charge in [0.25, 0.3) is 11.8 Å². The highest BCUT2D eigenvalue weighted by Gasteiger charge is 2.38. The molecule has 0 aromatic heterocycles. The van der Waals surface area contributed by atoms with Crippen molar-refractivity contribution < 1.29 is 14.3 Å². The minimum Gasteiger partial charge on any atom is -0.494 e. The molecule has 0 unspecified atom stereocenters. The van der Waals surface area contributed by atoms with Crippen molar-refractivity contribution >= 4 is 40.8 Å². The molecule has 0 fully saturated rings. The van der Waals surface area contributed by atoms with Gasteiger partial charge < -0.3 is 4.74 Å². The number of amides is 2. The van der Waals surface area contributed by atoms with Crippen LogP contribution in [0.4, 0.5) is 0 Å². The van der Waals surface area contributed by atoms with Crippen LogP contribution in [-0.4, -0.2) is 29.9 Å². The number of carbonyl (C=O) groups excluding carboxylic acids is 2. The molecule has 1 aliphatic heterocycles. The Morgan fingerprint density at radius 2 is 1.75 bits per heavy atom. The summed E-state index contributed by atoms with van der Waals surface area (Å²) in [6, 6.07) is 14.4. The van der Waals surface area contributed by atoms with E-state index >= 15 is 0 Å². The zero-order valence-corrected chi connectivity index (χ0v) is 17.1. The van der Waals surface area contributed by atoms with Crippen LogP contribution in [0.2, 0.25) is 5.02 Å². The van der Waals surface area contributed by atoms with Crippen LogP contribution in [0, 0.1) is 0 Å². The number of nitrogens with zero attached hydrogens (tertiary/aromatic N) is 1. The summed E-state index contributed by atoms with van der Waals surface area (Å²) in [6.07, 6.45) is 2.46. The highest BCUT2D eigenvalue weighted by atomic mass is 35.5. The number of halogens is 1. The fraction of sp³-hybridized carbons (Fsp3) is 0.182. The number of thioether (sulfide) groups is 1. The Labute approximate surface area is 173 Å². The van der Waals surface area contributed by atoms with E-state index in [1.165, 1.54) is 16.7 Å². The van der Waals surface area contributed by atoms with Gasteiger partial charge in [-0.25, -0.2) is 0 Å². The smallest absolute Gasteiger partial charge is 0.268 e. The number of carbonyl (C=O) groups is 2. The SMILES string of the molecule is C=CCN1C(=O)C(Sc2ccc(Cl)cc2)=C(c2ccc(OCCC)cc2)C1=O. The van der Waals surface area contributed by atoms with Gasteiger partial charge in [0.15, 0.2) is 0 Å². The first-order valence-corrected chi connectivity index (χ1v) is 10.1. The second kappa shape index (κ2) is 9.13. The molecule has 0 radical (unpaired) electrons. The molecule has 28 heavy (non-hydrogen) atoms. The first-order chi connectivity index (χ1) is 13.5. The predicted octanol–water partition coefficient (Wildman–Crippen LogP) is 5.19. The van der Waals surface area contributed by atoms with Crippen LogP contribution in [0.3, 0.4) is 0 Å². The van der Waals surface area contributed by atoms with E-state index in [2.05, 4.69) is 6.58 Å². The lowest BCUT2D eigenvalue weighted by molar-refractivity contribution is -0.135. The Balaban J connectivity index is 1.98. The lowest BCUT2D eigenvalue weighted by Gasteiger charge is -2.12. The van der Waals surface area contributed by atoms with Gasteiger partial charge in [0, 0.05) is 16.5 Å². The van der Waals surface area contributed by atoms with Crippen LogP contribution in [0.5, 0.6) is 5.75 Å². The van der Waals surface area contributed by atoms with E-state index in [1.807, 2.05) is 43.3 Å². The van der Waals surface area contributed by atoms with Crippen molar-refractivity contribution in [3.05, 3.63) is 76.7 Å². The fourth-order valence-corrected chi connectivity index (χ4v) is 3.89. The molecular weight excluding hydrogens is 394 g/mol. The molecule has 1 aliphatic rings. The summed E-state index contributed by atoms with van der Waals surface area (Å²) in [5.74, 6) is 0.104. The van der Waals surface area contributed by atoms with Crippen molar-refractivity contribution in [2.75, 3.05) is 13.2 Å². The third-order valence-corrected chi connectivity index (χ3v) is 5.43. The predicted molar refractivity (Wildman–Crippen MR) is 113 cm³/mol. The average molecular weight is 414 g/mol. The van der Waals surface area contributed by atoms with Gasteiger partial charge in [-0.2, -0.15) is 0 Å². The minimum absolute atomic E-state index is 0.170. The monoisotopic (exact) mass is 413 g/mol. The Morgan fingerprint density at radius 3 is 2.36 bits per heavy atom. The van der Waals surface area contributed by atoms with Gasteiger partial charge in [0.1, 0.15) is 5.75 Å². The van der Waals surface area contributed by atoms with Gasteiger partial charge in [-0.3, -0.25) is 14.5 Å². The summed E-state index contributed by atoms with van der Waals surface area (Å²) in [7, 11) is 0. The van der Waals surface area contributed by atoms with E-state index < -0.39 is 0 Å². The van der Waals surface area contributed by atoms with E-state index in [4.69, 9.17) is 16.3 Å². The number of ether oxygens (including phenoxy) is 1. The van der Waals surface area contributed by atoms with E-state index in [1.54, 1.807) is 18.2 Å². The summed E-state index contributed by atoms with van der Waals surface area (Å²) >= 11 is 7.21. The second-order valence-corrected chi connectivity index (χ2v) is 7.66. The first kappa shape index (κ1) is 20.2. The maximum absolute atomic E-state index is 13.0. The number of hydrogen-bond acceptors (Lipinski definition) is 4. The number of benzene rings is 2. The molecule has 0 aliphatic carbocycles. The fourth-order valence-electron chi connectivity index (χ4n) is 2.76. The summed E-state index contributed by atoms with van der Waals surface area (Å²) < 4.78 is 5.60. The Kier molecular flexibility index (Phi) is 6.60. The van der Waals surface area contributed by atoms with Crippen LogP contribution >= 0.6 is 23.4 Å². The molecule has 0 N–H and O–H groups in total. The van der Waals surface area contributed by atoms with Gasteiger partial charge in [-0.15, -0.1) is 6.58 Å². The normalized spacial score (nSPS) is 14.0. The molecule has 0 atom stereocenters. The molecule has 0 saturated carbocycles. The number of imide groups is 1. The van der Waals surface area contributed by atoms with Crippen molar-refractivity contribution in [2.24, 2.45) is 0 Å². The van der Waals surface area contributed by atoms with Crippen molar-refractivity contribution in [2.45, 2.75) is 18.2 Å². The molecule has 2 amide bonds. The largest absolute Gasteiger partial charge is 0.494 e. The average Bonchev–Trinajstić information content (AvgIpc) is 2.93. The minimum atomic E-state index is -0.316. The highest BCUT2D eigenvalue weighted by molar-refractivity contribution is 8.04. The van der Waals surface area contributed by atoms with E-state index in [0.717, 1.165) is 17.1 Å². The van der Waals surface area contributed by atoms with Crippen LogP contribution in [-0.2, 0) is 9.59 Å². The lowest BCUT2D eigenvalue weighted by atomic mass is 10.1. The molecule has 6 heteroatoms.